The molecule has 0 saturated heterocycles. The van der Waals surface area contributed by atoms with Gasteiger partial charge in [-0.2, -0.15) is 5.26 Å². The Morgan fingerprint density at radius 1 is 1.29 bits per heavy atom. The van der Waals surface area contributed by atoms with Crippen LogP contribution in [0.4, 0.5) is 4.39 Å². The molecule has 2 nitrogen and oxygen atoms in total. The van der Waals surface area contributed by atoms with Gasteiger partial charge in [-0.3, -0.25) is 0 Å². The van der Waals surface area contributed by atoms with E-state index < -0.39 is 0 Å². The lowest BCUT2D eigenvalue weighted by Crippen LogP contribution is -1.89. The number of nitriles is 1. The van der Waals surface area contributed by atoms with Crippen LogP contribution in [0.1, 0.15) is 16.7 Å². The van der Waals surface area contributed by atoms with Gasteiger partial charge in [0.1, 0.15) is 17.0 Å². The predicted octanol–water partition coefficient (Wildman–Crippen LogP) is 3.32. The molecule has 0 fully saturated rings. The molecule has 1 aromatic heterocycles. The second kappa shape index (κ2) is 3.54. The molecule has 0 aliphatic heterocycles. The maximum Gasteiger partial charge on any atom is 0.147 e. The Kier molecular flexibility index (Phi) is 2.13. The summed E-state index contributed by atoms with van der Waals surface area (Å²) in [6.45, 7) is 0. The van der Waals surface area contributed by atoms with Crippen molar-refractivity contribution in [3.63, 3.8) is 0 Å². The fraction of sp³-hybridized carbons (Fsp3) is 0.0769. The minimum absolute atomic E-state index is 0.198. The lowest BCUT2D eigenvalue weighted by atomic mass is 10.1. The molecule has 1 aliphatic carbocycles. The van der Waals surface area contributed by atoms with E-state index in [1.165, 1.54) is 12.1 Å². The molecule has 0 N–H and O–H groups in total. The van der Waals surface area contributed by atoms with Crippen LogP contribution >= 0.6 is 11.6 Å². The van der Waals surface area contributed by atoms with E-state index in [1.807, 2.05) is 6.07 Å². The summed E-state index contributed by atoms with van der Waals surface area (Å²) >= 11 is 5.90. The average molecular weight is 245 g/mol. The van der Waals surface area contributed by atoms with Crippen LogP contribution in [-0.2, 0) is 6.42 Å². The lowest BCUT2D eigenvalue weighted by molar-refractivity contribution is 0.626. The standard InChI is InChI=1S/C13H6ClFN2/c14-13-9(6-16)4-8-3-7-5-10(15)1-2-11(7)12(8)17-13/h1-2,4-5H,3H2. The highest BCUT2D eigenvalue weighted by atomic mass is 35.5. The minimum Gasteiger partial charge on any atom is -0.234 e. The molecule has 4 heteroatoms. The van der Waals surface area contributed by atoms with Crippen molar-refractivity contribution in [3.05, 3.63) is 51.9 Å². The van der Waals surface area contributed by atoms with Crippen molar-refractivity contribution >= 4 is 11.6 Å². The maximum absolute atomic E-state index is 13.1. The topological polar surface area (TPSA) is 36.7 Å². The largest absolute Gasteiger partial charge is 0.234 e. The number of benzene rings is 1. The Morgan fingerprint density at radius 2 is 2.12 bits per heavy atom. The van der Waals surface area contributed by atoms with Crippen molar-refractivity contribution in [2.75, 3.05) is 0 Å². The molecule has 2 aromatic rings. The number of aromatic nitrogens is 1. The van der Waals surface area contributed by atoms with Gasteiger partial charge < -0.3 is 0 Å². The zero-order chi connectivity index (χ0) is 12.0. The number of hydrogen-bond acceptors (Lipinski definition) is 2. The number of hydrogen-bond donors (Lipinski definition) is 0. The molecule has 17 heavy (non-hydrogen) atoms. The van der Waals surface area contributed by atoms with Crippen LogP contribution in [0.15, 0.2) is 24.3 Å². The first-order valence-electron chi connectivity index (χ1n) is 5.07. The summed E-state index contributed by atoms with van der Waals surface area (Å²) in [5.74, 6) is -0.261. The van der Waals surface area contributed by atoms with Gasteiger partial charge in [-0.25, -0.2) is 9.37 Å². The van der Waals surface area contributed by atoms with Crippen LogP contribution in [0, 0.1) is 17.1 Å². The van der Waals surface area contributed by atoms with Crippen LogP contribution < -0.4 is 0 Å². The summed E-state index contributed by atoms with van der Waals surface area (Å²) in [6, 6.07) is 8.32. The van der Waals surface area contributed by atoms with Crippen LogP contribution in [0.5, 0.6) is 0 Å². The first-order valence-corrected chi connectivity index (χ1v) is 5.45. The predicted molar refractivity (Wildman–Crippen MR) is 62.2 cm³/mol. The van der Waals surface area contributed by atoms with Gasteiger partial charge in [0.05, 0.1) is 11.3 Å². The zero-order valence-electron chi connectivity index (χ0n) is 8.67. The van der Waals surface area contributed by atoms with Gasteiger partial charge in [0.15, 0.2) is 0 Å². The highest BCUT2D eigenvalue weighted by molar-refractivity contribution is 6.30. The molecular weight excluding hydrogens is 239 g/mol. The van der Waals surface area contributed by atoms with Crippen molar-refractivity contribution in [1.29, 1.82) is 5.26 Å². The normalized spacial score (nSPS) is 11.8. The minimum atomic E-state index is -0.261. The molecule has 0 amide bonds. The summed E-state index contributed by atoms with van der Waals surface area (Å²) < 4.78 is 13.1. The monoisotopic (exact) mass is 244 g/mol. The Hall–Kier alpha value is -1.92. The lowest BCUT2D eigenvalue weighted by Gasteiger charge is -2.01. The second-order valence-electron chi connectivity index (χ2n) is 3.92. The van der Waals surface area contributed by atoms with Gasteiger partial charge in [-0.15, -0.1) is 0 Å². The molecule has 0 unspecified atom stereocenters. The second-order valence-corrected chi connectivity index (χ2v) is 4.28. The summed E-state index contributed by atoms with van der Waals surface area (Å²) in [7, 11) is 0. The Bertz CT molecular complexity index is 674. The highest BCUT2D eigenvalue weighted by Crippen LogP contribution is 2.37. The van der Waals surface area contributed by atoms with Gasteiger partial charge >= 0.3 is 0 Å². The highest BCUT2D eigenvalue weighted by Gasteiger charge is 2.22. The van der Waals surface area contributed by atoms with Crippen molar-refractivity contribution in [2.24, 2.45) is 0 Å². The van der Waals surface area contributed by atoms with Crippen molar-refractivity contribution < 1.29 is 4.39 Å². The number of rotatable bonds is 0. The molecule has 1 aromatic carbocycles. The summed E-state index contributed by atoms with van der Waals surface area (Å²) in [6.07, 6.45) is 0.598. The smallest absolute Gasteiger partial charge is 0.147 e. The molecule has 1 heterocycles. The molecule has 0 saturated carbocycles. The molecule has 0 bridgehead atoms. The first kappa shape index (κ1) is 10.2. The van der Waals surface area contributed by atoms with E-state index in [0.717, 1.165) is 22.4 Å². The van der Waals surface area contributed by atoms with E-state index in [4.69, 9.17) is 16.9 Å². The van der Waals surface area contributed by atoms with E-state index in [-0.39, 0.29) is 11.0 Å². The Balaban J connectivity index is 2.24. The van der Waals surface area contributed by atoms with Gasteiger partial charge in [0.2, 0.25) is 0 Å². The molecule has 0 spiro atoms. The molecule has 0 radical (unpaired) electrons. The third-order valence-electron chi connectivity index (χ3n) is 2.88. The van der Waals surface area contributed by atoms with E-state index in [9.17, 15) is 4.39 Å². The van der Waals surface area contributed by atoms with Gasteiger partial charge in [-0.05, 0) is 35.4 Å². The quantitative estimate of drug-likeness (QED) is 0.569. The van der Waals surface area contributed by atoms with E-state index in [1.54, 1.807) is 12.1 Å². The fourth-order valence-electron chi connectivity index (χ4n) is 2.12. The van der Waals surface area contributed by atoms with Gasteiger partial charge in [-0.1, -0.05) is 11.6 Å². The van der Waals surface area contributed by atoms with Crippen LogP contribution in [0.25, 0.3) is 11.3 Å². The first-order chi connectivity index (χ1) is 8.19. The molecule has 1 aliphatic rings. The fourth-order valence-corrected chi connectivity index (χ4v) is 2.30. The van der Waals surface area contributed by atoms with E-state index in [0.29, 0.717) is 12.0 Å². The summed E-state index contributed by atoms with van der Waals surface area (Å²) in [4.78, 5) is 4.22. The van der Waals surface area contributed by atoms with Crippen molar-refractivity contribution in [1.82, 2.24) is 4.98 Å². The molecule has 82 valence electrons. The average Bonchev–Trinajstić information content (AvgIpc) is 2.64. The molecule has 0 atom stereocenters. The third kappa shape index (κ3) is 1.49. The maximum atomic E-state index is 13.1. The molecule has 3 rings (SSSR count). The van der Waals surface area contributed by atoms with Crippen LogP contribution in [-0.4, -0.2) is 4.98 Å². The Morgan fingerprint density at radius 3 is 2.88 bits per heavy atom. The van der Waals surface area contributed by atoms with E-state index >= 15 is 0 Å². The van der Waals surface area contributed by atoms with Gasteiger partial charge in [0, 0.05) is 12.0 Å². The number of pyridine rings is 1. The summed E-state index contributed by atoms with van der Waals surface area (Å²) in [5.41, 5.74) is 3.82. The SMILES string of the molecule is N#Cc1cc2c(nc1Cl)-c1ccc(F)cc1C2. The number of nitrogens with zero attached hydrogens (tertiary/aromatic N) is 2. The van der Waals surface area contributed by atoms with Crippen molar-refractivity contribution in [2.45, 2.75) is 6.42 Å². The Labute approximate surface area is 102 Å². The van der Waals surface area contributed by atoms with Gasteiger partial charge in [0.25, 0.3) is 0 Å². The third-order valence-corrected chi connectivity index (χ3v) is 3.17. The molecular formula is C13H6ClFN2. The zero-order valence-corrected chi connectivity index (χ0v) is 9.42. The summed E-state index contributed by atoms with van der Waals surface area (Å²) in [5, 5.41) is 9.07. The van der Waals surface area contributed by atoms with E-state index in [2.05, 4.69) is 4.98 Å². The number of fused-ring (bicyclic) bond motifs is 3. The number of halogens is 2. The van der Waals surface area contributed by atoms with Crippen LogP contribution in [0.2, 0.25) is 5.15 Å². The van der Waals surface area contributed by atoms with Crippen LogP contribution in [0.3, 0.4) is 0 Å². The van der Waals surface area contributed by atoms with Crippen molar-refractivity contribution in [3.8, 4) is 17.3 Å².